The van der Waals surface area contributed by atoms with Gasteiger partial charge in [-0.3, -0.25) is 10.1 Å². The Bertz CT molecular complexity index is 467. The van der Waals surface area contributed by atoms with Crippen LogP contribution < -0.4 is 5.32 Å². The van der Waals surface area contributed by atoms with Crippen molar-refractivity contribution in [3.8, 4) is 0 Å². The molecule has 1 N–H and O–H groups in total. The molecule has 2 rings (SSSR count). The Morgan fingerprint density at radius 3 is 2.95 bits per heavy atom. The molecule has 0 bridgehead atoms. The molecule has 0 saturated carbocycles. The van der Waals surface area contributed by atoms with Crippen LogP contribution in [0.4, 0.5) is 10.1 Å². The Hall–Kier alpha value is -1.53. The van der Waals surface area contributed by atoms with Gasteiger partial charge in [0.15, 0.2) is 0 Å². The topological polar surface area (TPSA) is 58.4 Å². The Labute approximate surface area is 111 Å². The number of non-ortho nitro benzene ring substituents is 1. The van der Waals surface area contributed by atoms with Gasteiger partial charge in [-0.15, -0.1) is 0 Å². The van der Waals surface area contributed by atoms with Gasteiger partial charge < -0.3 is 10.2 Å². The van der Waals surface area contributed by atoms with Gasteiger partial charge in [-0.05, 0) is 38.1 Å². The molecule has 0 spiro atoms. The average molecular weight is 267 g/mol. The van der Waals surface area contributed by atoms with E-state index in [9.17, 15) is 14.5 Å². The molecular weight excluding hydrogens is 249 g/mol. The summed E-state index contributed by atoms with van der Waals surface area (Å²) in [7, 11) is 2.09. The summed E-state index contributed by atoms with van der Waals surface area (Å²) in [4.78, 5) is 12.4. The highest BCUT2D eigenvalue weighted by molar-refractivity contribution is 5.35. The van der Waals surface area contributed by atoms with Crippen molar-refractivity contribution in [2.75, 3.05) is 20.1 Å². The van der Waals surface area contributed by atoms with Gasteiger partial charge in [0.1, 0.15) is 5.82 Å². The van der Waals surface area contributed by atoms with Crippen molar-refractivity contribution in [2.24, 2.45) is 0 Å². The van der Waals surface area contributed by atoms with Crippen molar-refractivity contribution in [1.29, 1.82) is 0 Å². The quantitative estimate of drug-likeness (QED) is 0.654. The maximum atomic E-state index is 13.2. The highest BCUT2D eigenvalue weighted by Gasteiger charge is 2.20. The zero-order valence-electron chi connectivity index (χ0n) is 10.9. The maximum Gasteiger partial charge on any atom is 0.272 e. The lowest BCUT2D eigenvalue weighted by Crippen LogP contribution is -2.35. The second-order valence-electron chi connectivity index (χ2n) is 4.98. The second-order valence-corrected chi connectivity index (χ2v) is 4.98. The third-order valence-electron chi connectivity index (χ3n) is 3.53. The van der Waals surface area contributed by atoms with Gasteiger partial charge in [-0.1, -0.05) is 0 Å². The molecule has 1 fully saturated rings. The molecule has 0 radical (unpaired) electrons. The summed E-state index contributed by atoms with van der Waals surface area (Å²) in [6.07, 6.45) is 2.36. The summed E-state index contributed by atoms with van der Waals surface area (Å²) in [5, 5.41) is 13.9. The molecule has 5 nitrogen and oxygen atoms in total. The molecule has 1 aromatic rings. The molecule has 1 atom stereocenters. The van der Waals surface area contributed by atoms with Crippen LogP contribution in [0.25, 0.3) is 0 Å². The molecule has 19 heavy (non-hydrogen) atoms. The summed E-state index contributed by atoms with van der Waals surface area (Å²) in [6.45, 7) is 2.38. The highest BCUT2D eigenvalue weighted by Crippen LogP contribution is 2.17. The standard InChI is InChI=1S/C13H18FN3O2/c1-16-4-2-3-12(16)9-15-8-10-5-11(14)7-13(6-10)17(18)19/h5-7,12,15H,2-4,8-9H2,1H3. The predicted octanol–water partition coefficient (Wildman–Crippen LogP) is 1.92. The van der Waals surface area contributed by atoms with Crippen molar-refractivity contribution in [1.82, 2.24) is 10.2 Å². The van der Waals surface area contributed by atoms with Crippen molar-refractivity contribution in [2.45, 2.75) is 25.4 Å². The van der Waals surface area contributed by atoms with Crippen molar-refractivity contribution in [3.63, 3.8) is 0 Å². The molecule has 0 aromatic heterocycles. The first kappa shape index (κ1) is 13.9. The fraction of sp³-hybridized carbons (Fsp3) is 0.538. The zero-order chi connectivity index (χ0) is 13.8. The highest BCUT2D eigenvalue weighted by atomic mass is 19.1. The van der Waals surface area contributed by atoms with E-state index in [0.717, 1.165) is 25.6 Å². The van der Waals surface area contributed by atoms with E-state index in [2.05, 4.69) is 17.3 Å². The fourth-order valence-electron chi connectivity index (χ4n) is 2.46. The van der Waals surface area contributed by atoms with E-state index < -0.39 is 10.7 Å². The Morgan fingerprint density at radius 1 is 1.53 bits per heavy atom. The summed E-state index contributed by atoms with van der Waals surface area (Å²) >= 11 is 0. The summed E-state index contributed by atoms with van der Waals surface area (Å²) in [5.41, 5.74) is 0.405. The third-order valence-corrected chi connectivity index (χ3v) is 3.53. The number of nitro benzene ring substituents is 1. The third kappa shape index (κ3) is 3.71. The lowest BCUT2D eigenvalue weighted by molar-refractivity contribution is -0.385. The van der Waals surface area contributed by atoms with E-state index in [0.29, 0.717) is 18.2 Å². The van der Waals surface area contributed by atoms with Gasteiger partial charge in [-0.2, -0.15) is 0 Å². The smallest absolute Gasteiger partial charge is 0.272 e. The number of nitrogens with zero attached hydrogens (tertiary/aromatic N) is 2. The molecular formula is C13H18FN3O2. The number of nitro groups is 1. The molecule has 1 unspecified atom stereocenters. The van der Waals surface area contributed by atoms with E-state index in [-0.39, 0.29) is 5.69 Å². The Balaban J connectivity index is 1.90. The predicted molar refractivity (Wildman–Crippen MR) is 70.4 cm³/mol. The number of hydrogen-bond donors (Lipinski definition) is 1. The molecule has 104 valence electrons. The minimum absolute atomic E-state index is 0.199. The molecule has 1 aromatic carbocycles. The first-order valence-electron chi connectivity index (χ1n) is 6.41. The Morgan fingerprint density at radius 2 is 2.32 bits per heavy atom. The van der Waals surface area contributed by atoms with E-state index in [1.54, 1.807) is 0 Å². The van der Waals surface area contributed by atoms with Crippen molar-refractivity contribution >= 4 is 5.69 Å². The Kier molecular flexibility index (Phi) is 4.44. The minimum atomic E-state index is -0.572. The van der Waals surface area contributed by atoms with Gasteiger partial charge in [0.05, 0.1) is 11.0 Å². The summed E-state index contributed by atoms with van der Waals surface area (Å²) in [5.74, 6) is -0.566. The van der Waals surface area contributed by atoms with Gasteiger partial charge >= 0.3 is 0 Å². The SMILES string of the molecule is CN1CCCC1CNCc1cc(F)cc([N+](=O)[O-])c1. The van der Waals surface area contributed by atoms with Crippen molar-refractivity contribution in [3.05, 3.63) is 39.7 Å². The second kappa shape index (κ2) is 6.08. The van der Waals surface area contributed by atoms with Crippen LogP contribution in [0.3, 0.4) is 0 Å². The monoisotopic (exact) mass is 267 g/mol. The number of halogens is 1. The number of nitrogens with one attached hydrogen (secondary N) is 1. The van der Waals surface area contributed by atoms with Gasteiger partial charge in [0, 0.05) is 25.2 Å². The van der Waals surface area contributed by atoms with Gasteiger partial charge in [0.25, 0.3) is 5.69 Å². The van der Waals surface area contributed by atoms with Gasteiger partial charge in [-0.25, -0.2) is 4.39 Å². The van der Waals surface area contributed by atoms with E-state index in [4.69, 9.17) is 0 Å². The molecule has 0 amide bonds. The lowest BCUT2D eigenvalue weighted by atomic mass is 10.1. The maximum absolute atomic E-state index is 13.2. The van der Waals surface area contributed by atoms with Crippen LogP contribution >= 0.6 is 0 Å². The van der Waals surface area contributed by atoms with E-state index >= 15 is 0 Å². The summed E-state index contributed by atoms with van der Waals surface area (Å²) < 4.78 is 13.2. The van der Waals surface area contributed by atoms with Crippen LogP contribution in [0, 0.1) is 15.9 Å². The van der Waals surface area contributed by atoms with Gasteiger partial charge in [0.2, 0.25) is 0 Å². The normalized spacial score (nSPS) is 19.8. The number of likely N-dealkylation sites (tertiary alicyclic amines) is 1. The molecule has 0 aliphatic carbocycles. The zero-order valence-corrected chi connectivity index (χ0v) is 10.9. The number of likely N-dealkylation sites (N-methyl/N-ethyl adjacent to an activating group) is 1. The molecule has 1 heterocycles. The average Bonchev–Trinajstić information content (AvgIpc) is 2.74. The molecule has 1 aliphatic heterocycles. The van der Waals surface area contributed by atoms with Crippen LogP contribution in [0.15, 0.2) is 18.2 Å². The van der Waals surface area contributed by atoms with Crippen molar-refractivity contribution < 1.29 is 9.31 Å². The number of hydrogen-bond acceptors (Lipinski definition) is 4. The minimum Gasteiger partial charge on any atom is -0.311 e. The number of rotatable bonds is 5. The first-order valence-corrected chi connectivity index (χ1v) is 6.41. The van der Waals surface area contributed by atoms with E-state index in [1.165, 1.54) is 18.6 Å². The fourth-order valence-corrected chi connectivity index (χ4v) is 2.46. The van der Waals surface area contributed by atoms with Crippen LogP contribution in [-0.4, -0.2) is 36.0 Å². The first-order chi connectivity index (χ1) is 9.06. The lowest BCUT2D eigenvalue weighted by Gasteiger charge is -2.19. The number of benzene rings is 1. The van der Waals surface area contributed by atoms with Crippen LogP contribution in [-0.2, 0) is 6.54 Å². The largest absolute Gasteiger partial charge is 0.311 e. The van der Waals surface area contributed by atoms with E-state index in [1.807, 2.05) is 0 Å². The van der Waals surface area contributed by atoms with Crippen LogP contribution in [0.1, 0.15) is 18.4 Å². The molecule has 1 saturated heterocycles. The van der Waals surface area contributed by atoms with Crippen LogP contribution in [0.5, 0.6) is 0 Å². The van der Waals surface area contributed by atoms with Crippen LogP contribution in [0.2, 0.25) is 0 Å². The molecule has 6 heteroatoms. The summed E-state index contributed by atoms with van der Waals surface area (Å²) in [6, 6.07) is 4.18. The molecule has 1 aliphatic rings.